The van der Waals surface area contributed by atoms with Crippen LogP contribution in [0.3, 0.4) is 0 Å². The predicted molar refractivity (Wildman–Crippen MR) is 72.7 cm³/mol. The number of hydrazine groups is 1. The number of nitrogens with zero attached hydrogens (tertiary/aromatic N) is 3. The lowest BCUT2D eigenvalue weighted by molar-refractivity contribution is 0.273. The highest BCUT2D eigenvalue weighted by molar-refractivity contribution is 7.21. The molecule has 2 aromatic rings. The molecule has 3 rings (SSSR count). The van der Waals surface area contributed by atoms with Gasteiger partial charge in [-0.15, -0.1) is 0 Å². The van der Waals surface area contributed by atoms with Crippen LogP contribution in [-0.4, -0.2) is 28.1 Å². The molecule has 1 aliphatic rings. The minimum atomic E-state index is -0.212. The summed E-state index contributed by atoms with van der Waals surface area (Å²) in [6.07, 6.45) is 5.35. The Balaban J connectivity index is 1.90. The first kappa shape index (κ1) is 11.6. The molecule has 18 heavy (non-hydrogen) atoms. The van der Waals surface area contributed by atoms with Crippen molar-refractivity contribution in [2.45, 2.75) is 19.3 Å². The maximum atomic E-state index is 11.8. The maximum Gasteiger partial charge on any atom is 0.282 e. The molecule has 0 saturated carbocycles. The molecular weight excluding hydrogens is 248 g/mol. The fraction of sp³-hybridized carbons (Fsp3) is 0.417. The Morgan fingerprint density at radius 1 is 1.28 bits per heavy atom. The first-order valence-corrected chi connectivity index (χ1v) is 6.92. The third-order valence-corrected chi connectivity index (χ3v) is 3.90. The van der Waals surface area contributed by atoms with Crippen LogP contribution in [0.1, 0.15) is 19.3 Å². The molecule has 0 bridgehead atoms. The summed E-state index contributed by atoms with van der Waals surface area (Å²) in [5.41, 5.74) is 3.00. The van der Waals surface area contributed by atoms with Crippen LogP contribution in [0.2, 0.25) is 0 Å². The summed E-state index contributed by atoms with van der Waals surface area (Å²) < 4.78 is 0. The Morgan fingerprint density at radius 2 is 2.11 bits per heavy atom. The quantitative estimate of drug-likeness (QED) is 0.895. The Kier molecular flexibility index (Phi) is 3.21. The molecule has 2 aromatic heterocycles. The van der Waals surface area contributed by atoms with Crippen molar-refractivity contribution in [2.24, 2.45) is 0 Å². The molecular formula is C12H14N4OS. The van der Waals surface area contributed by atoms with E-state index in [9.17, 15) is 4.79 Å². The maximum absolute atomic E-state index is 11.8. The van der Waals surface area contributed by atoms with Crippen LogP contribution in [-0.2, 0) is 0 Å². The molecule has 0 atom stereocenters. The average Bonchev–Trinajstić information content (AvgIpc) is 2.40. The van der Waals surface area contributed by atoms with Gasteiger partial charge in [0.2, 0.25) is 5.13 Å². The second-order valence-electron chi connectivity index (χ2n) is 4.34. The van der Waals surface area contributed by atoms with Crippen LogP contribution < -0.4 is 11.0 Å². The molecule has 1 N–H and O–H groups in total. The number of piperidine rings is 1. The van der Waals surface area contributed by atoms with Gasteiger partial charge in [-0.05, 0) is 25.0 Å². The van der Waals surface area contributed by atoms with Crippen molar-refractivity contribution in [2.75, 3.05) is 18.5 Å². The molecule has 0 aliphatic carbocycles. The monoisotopic (exact) mass is 262 g/mol. The van der Waals surface area contributed by atoms with E-state index < -0.39 is 0 Å². The summed E-state index contributed by atoms with van der Waals surface area (Å²) in [4.78, 5) is 20.9. The van der Waals surface area contributed by atoms with Gasteiger partial charge in [-0.3, -0.25) is 10.2 Å². The lowest BCUT2D eigenvalue weighted by Gasteiger charge is -2.26. The standard InChI is InChI=1S/C12H14N4OS/c17-10-9-5-4-6-13-11(9)18-12(14-10)15-16-7-2-1-3-8-16/h4-6H,1-3,7-8H2,(H,14,15,17). The molecule has 1 aliphatic heterocycles. The summed E-state index contributed by atoms with van der Waals surface area (Å²) in [6, 6.07) is 3.52. The van der Waals surface area contributed by atoms with Gasteiger partial charge in [-0.1, -0.05) is 17.8 Å². The van der Waals surface area contributed by atoms with Gasteiger partial charge in [-0.25, -0.2) is 9.99 Å². The second-order valence-corrected chi connectivity index (χ2v) is 5.32. The van der Waals surface area contributed by atoms with Gasteiger partial charge < -0.3 is 0 Å². The van der Waals surface area contributed by atoms with E-state index in [-0.39, 0.29) is 5.56 Å². The molecule has 0 unspecified atom stereocenters. The van der Waals surface area contributed by atoms with Crippen LogP contribution in [0.4, 0.5) is 5.13 Å². The highest BCUT2D eigenvalue weighted by atomic mass is 32.1. The van der Waals surface area contributed by atoms with Crippen LogP contribution in [0.5, 0.6) is 0 Å². The van der Waals surface area contributed by atoms with Crippen molar-refractivity contribution >= 4 is 26.7 Å². The second kappa shape index (κ2) is 4.99. The zero-order valence-corrected chi connectivity index (χ0v) is 10.7. The highest BCUT2D eigenvalue weighted by Gasteiger charge is 2.12. The molecule has 5 nitrogen and oxygen atoms in total. The number of hydrogen-bond acceptors (Lipinski definition) is 6. The third kappa shape index (κ3) is 2.34. The van der Waals surface area contributed by atoms with E-state index in [2.05, 4.69) is 20.4 Å². The van der Waals surface area contributed by atoms with Gasteiger partial charge in [-0.2, -0.15) is 4.98 Å². The van der Waals surface area contributed by atoms with E-state index in [1.54, 1.807) is 18.3 Å². The van der Waals surface area contributed by atoms with Crippen molar-refractivity contribution in [3.8, 4) is 0 Å². The number of aromatic nitrogens is 2. The minimum Gasteiger partial charge on any atom is -0.294 e. The van der Waals surface area contributed by atoms with Gasteiger partial charge in [0.15, 0.2) is 0 Å². The highest BCUT2D eigenvalue weighted by Crippen LogP contribution is 2.19. The first-order valence-electron chi connectivity index (χ1n) is 6.10. The Hall–Kier alpha value is -1.53. The van der Waals surface area contributed by atoms with Crippen molar-refractivity contribution in [3.05, 3.63) is 28.7 Å². The molecule has 6 heteroatoms. The van der Waals surface area contributed by atoms with Crippen molar-refractivity contribution in [1.82, 2.24) is 15.0 Å². The molecule has 0 radical (unpaired) electrons. The summed E-state index contributed by atoms with van der Waals surface area (Å²) in [5.74, 6) is 0. The number of pyridine rings is 1. The van der Waals surface area contributed by atoms with Crippen molar-refractivity contribution < 1.29 is 0 Å². The number of hydrogen-bond donors (Lipinski definition) is 1. The van der Waals surface area contributed by atoms with Crippen LogP contribution in [0, 0.1) is 0 Å². The van der Waals surface area contributed by atoms with E-state index in [4.69, 9.17) is 0 Å². The average molecular weight is 262 g/mol. The van der Waals surface area contributed by atoms with E-state index in [0.717, 1.165) is 17.9 Å². The molecule has 1 saturated heterocycles. The normalized spacial score (nSPS) is 16.9. The SMILES string of the molecule is O=c1nc(NN2CCCCC2)sc2ncccc12. The number of anilines is 1. The molecule has 0 amide bonds. The minimum absolute atomic E-state index is 0.212. The molecule has 3 heterocycles. The van der Waals surface area contributed by atoms with Crippen LogP contribution in [0.15, 0.2) is 23.1 Å². The summed E-state index contributed by atoms with van der Waals surface area (Å²) in [6.45, 7) is 2.01. The van der Waals surface area contributed by atoms with Gasteiger partial charge in [0, 0.05) is 19.3 Å². The lowest BCUT2D eigenvalue weighted by Crippen LogP contribution is -2.35. The van der Waals surface area contributed by atoms with Gasteiger partial charge in [0.05, 0.1) is 5.39 Å². The largest absolute Gasteiger partial charge is 0.294 e. The predicted octanol–water partition coefficient (Wildman–Crippen LogP) is 1.86. The topological polar surface area (TPSA) is 58.1 Å². The molecule has 0 spiro atoms. The van der Waals surface area contributed by atoms with E-state index in [0.29, 0.717) is 10.5 Å². The fourth-order valence-corrected chi connectivity index (χ4v) is 2.96. The fourth-order valence-electron chi connectivity index (χ4n) is 2.09. The van der Waals surface area contributed by atoms with Crippen molar-refractivity contribution in [1.29, 1.82) is 0 Å². The molecule has 94 valence electrons. The Morgan fingerprint density at radius 3 is 2.94 bits per heavy atom. The van der Waals surface area contributed by atoms with E-state index in [1.165, 1.54) is 30.6 Å². The van der Waals surface area contributed by atoms with E-state index >= 15 is 0 Å². The van der Waals surface area contributed by atoms with Gasteiger partial charge >= 0.3 is 0 Å². The number of rotatable bonds is 2. The lowest BCUT2D eigenvalue weighted by atomic mass is 10.2. The van der Waals surface area contributed by atoms with Gasteiger partial charge in [0.1, 0.15) is 4.83 Å². The Bertz CT molecular complexity index is 606. The van der Waals surface area contributed by atoms with Crippen molar-refractivity contribution in [3.63, 3.8) is 0 Å². The molecule has 0 aromatic carbocycles. The molecule has 1 fully saturated rings. The van der Waals surface area contributed by atoms with Crippen LogP contribution >= 0.6 is 11.3 Å². The summed E-state index contributed by atoms with van der Waals surface area (Å²) in [5, 5.41) is 3.34. The smallest absolute Gasteiger partial charge is 0.282 e. The number of nitrogens with one attached hydrogen (secondary N) is 1. The first-order chi connectivity index (χ1) is 8.83. The zero-order chi connectivity index (χ0) is 12.4. The third-order valence-electron chi connectivity index (χ3n) is 3.01. The number of fused-ring (bicyclic) bond motifs is 1. The zero-order valence-electron chi connectivity index (χ0n) is 9.93. The van der Waals surface area contributed by atoms with Gasteiger partial charge in [0.25, 0.3) is 5.56 Å². The van der Waals surface area contributed by atoms with Crippen LogP contribution in [0.25, 0.3) is 10.2 Å². The Labute approximate surface area is 108 Å². The van der Waals surface area contributed by atoms with E-state index in [1.807, 2.05) is 0 Å². The summed E-state index contributed by atoms with van der Waals surface area (Å²) in [7, 11) is 0. The summed E-state index contributed by atoms with van der Waals surface area (Å²) >= 11 is 1.42.